The lowest BCUT2D eigenvalue weighted by Crippen LogP contribution is -2.55. The first-order chi connectivity index (χ1) is 10.4. The number of carbonyl (C=O) groups is 4. The van der Waals surface area contributed by atoms with Gasteiger partial charge >= 0.3 is 0 Å². The molecule has 0 bridgehead atoms. The number of ketones is 1. The molecule has 1 saturated heterocycles. The van der Waals surface area contributed by atoms with Crippen LogP contribution < -0.4 is 5.32 Å². The minimum atomic E-state index is -0.910. The smallest absolute Gasteiger partial charge is 0.262 e. The lowest BCUT2D eigenvalue weighted by atomic mass is 9.98. The van der Waals surface area contributed by atoms with Gasteiger partial charge in [0, 0.05) is 6.54 Å². The van der Waals surface area contributed by atoms with Gasteiger partial charge in [0.25, 0.3) is 11.8 Å². The molecule has 0 aromatic heterocycles. The molecule has 1 aromatic rings. The van der Waals surface area contributed by atoms with Gasteiger partial charge in [-0.25, -0.2) is 0 Å². The number of hydrogen-bond acceptors (Lipinski definition) is 4. The summed E-state index contributed by atoms with van der Waals surface area (Å²) in [4.78, 5) is 49.2. The number of Topliss-reactive ketones (excluding diaryl/α,β-unsaturated/α-hetero) is 1. The molecule has 114 valence electrons. The van der Waals surface area contributed by atoms with Gasteiger partial charge in [-0.1, -0.05) is 19.9 Å². The third-order valence-electron chi connectivity index (χ3n) is 4.12. The molecule has 0 saturated carbocycles. The van der Waals surface area contributed by atoms with E-state index in [-0.39, 0.29) is 24.8 Å². The summed E-state index contributed by atoms with van der Waals surface area (Å²) in [7, 11) is 0. The SMILES string of the molecule is CC(C)c1ccc2c(c1)C(=O)N([C@H]1CNC(=O)CC1=O)C2=O. The van der Waals surface area contributed by atoms with Gasteiger partial charge in [-0.15, -0.1) is 0 Å². The highest BCUT2D eigenvalue weighted by Crippen LogP contribution is 2.28. The van der Waals surface area contributed by atoms with Gasteiger partial charge < -0.3 is 5.32 Å². The molecule has 0 aliphatic carbocycles. The molecule has 1 atom stereocenters. The predicted octanol–water partition coefficient (Wildman–Crippen LogP) is 0.864. The molecule has 3 rings (SSSR count). The fraction of sp³-hybridized carbons (Fsp3) is 0.375. The van der Waals surface area contributed by atoms with Crippen molar-refractivity contribution < 1.29 is 19.2 Å². The van der Waals surface area contributed by atoms with Crippen molar-refractivity contribution in [2.24, 2.45) is 0 Å². The number of imide groups is 1. The highest BCUT2D eigenvalue weighted by molar-refractivity contribution is 6.23. The minimum absolute atomic E-state index is 0.0137. The van der Waals surface area contributed by atoms with Crippen LogP contribution in [-0.4, -0.2) is 41.0 Å². The minimum Gasteiger partial charge on any atom is -0.353 e. The van der Waals surface area contributed by atoms with E-state index < -0.39 is 23.6 Å². The van der Waals surface area contributed by atoms with Crippen LogP contribution in [0.15, 0.2) is 18.2 Å². The zero-order valence-electron chi connectivity index (χ0n) is 12.4. The van der Waals surface area contributed by atoms with E-state index in [4.69, 9.17) is 0 Å². The molecule has 0 unspecified atom stereocenters. The summed E-state index contributed by atoms with van der Waals surface area (Å²) in [5.41, 5.74) is 1.62. The van der Waals surface area contributed by atoms with E-state index in [0.29, 0.717) is 11.1 Å². The second kappa shape index (κ2) is 5.05. The fourth-order valence-electron chi connectivity index (χ4n) is 2.82. The number of nitrogens with one attached hydrogen (secondary N) is 1. The molecule has 2 aliphatic heterocycles. The predicted molar refractivity (Wildman–Crippen MR) is 77.5 cm³/mol. The van der Waals surface area contributed by atoms with Crippen molar-refractivity contribution in [3.63, 3.8) is 0 Å². The van der Waals surface area contributed by atoms with Crippen LogP contribution in [0.4, 0.5) is 0 Å². The molecule has 1 aromatic carbocycles. The van der Waals surface area contributed by atoms with Crippen molar-refractivity contribution in [2.45, 2.75) is 32.2 Å². The Morgan fingerprint density at radius 3 is 2.41 bits per heavy atom. The molecule has 0 spiro atoms. The van der Waals surface area contributed by atoms with Crippen molar-refractivity contribution in [3.05, 3.63) is 34.9 Å². The second-order valence-electron chi connectivity index (χ2n) is 5.90. The molecule has 6 nitrogen and oxygen atoms in total. The molecular weight excluding hydrogens is 284 g/mol. The molecule has 2 aliphatic rings. The largest absolute Gasteiger partial charge is 0.353 e. The number of fused-ring (bicyclic) bond motifs is 1. The molecule has 3 amide bonds. The number of nitrogens with zero attached hydrogens (tertiary/aromatic N) is 1. The van der Waals surface area contributed by atoms with Crippen molar-refractivity contribution in [3.8, 4) is 0 Å². The Labute approximate surface area is 127 Å². The van der Waals surface area contributed by atoms with Crippen LogP contribution in [0.1, 0.15) is 52.5 Å². The van der Waals surface area contributed by atoms with Crippen molar-refractivity contribution in [1.29, 1.82) is 0 Å². The molecular formula is C16H16N2O4. The Bertz CT molecular complexity index is 708. The molecule has 0 radical (unpaired) electrons. The quantitative estimate of drug-likeness (QED) is 0.648. The highest BCUT2D eigenvalue weighted by Gasteiger charge is 2.44. The lowest BCUT2D eigenvalue weighted by molar-refractivity contribution is -0.133. The van der Waals surface area contributed by atoms with Crippen LogP contribution in [0.25, 0.3) is 0 Å². The van der Waals surface area contributed by atoms with E-state index in [0.717, 1.165) is 10.5 Å². The van der Waals surface area contributed by atoms with E-state index in [1.165, 1.54) is 0 Å². The van der Waals surface area contributed by atoms with Gasteiger partial charge in [-0.3, -0.25) is 24.1 Å². The number of amides is 3. The first-order valence-corrected chi connectivity index (χ1v) is 7.21. The maximum Gasteiger partial charge on any atom is 0.262 e. The van der Waals surface area contributed by atoms with Gasteiger partial charge in [-0.2, -0.15) is 0 Å². The maximum atomic E-state index is 12.5. The summed E-state index contributed by atoms with van der Waals surface area (Å²) in [5.74, 6) is -1.47. The Morgan fingerprint density at radius 2 is 1.77 bits per heavy atom. The normalized spacial score (nSPS) is 21.4. The third kappa shape index (κ3) is 2.11. The number of hydrogen-bond donors (Lipinski definition) is 1. The molecule has 1 N–H and O–H groups in total. The topological polar surface area (TPSA) is 83.6 Å². The average Bonchev–Trinajstić information content (AvgIpc) is 2.71. The van der Waals surface area contributed by atoms with Crippen LogP contribution in [0.5, 0.6) is 0 Å². The van der Waals surface area contributed by atoms with Gasteiger partial charge in [0.1, 0.15) is 6.04 Å². The van der Waals surface area contributed by atoms with E-state index in [1.807, 2.05) is 19.9 Å². The van der Waals surface area contributed by atoms with E-state index in [2.05, 4.69) is 5.32 Å². The molecule has 6 heteroatoms. The Kier molecular flexibility index (Phi) is 3.31. The molecule has 1 fully saturated rings. The van der Waals surface area contributed by atoms with Crippen molar-refractivity contribution in [1.82, 2.24) is 10.2 Å². The maximum absolute atomic E-state index is 12.5. The zero-order chi connectivity index (χ0) is 16.0. The van der Waals surface area contributed by atoms with Gasteiger partial charge in [-0.05, 0) is 23.6 Å². The van der Waals surface area contributed by atoms with Gasteiger partial charge in [0.15, 0.2) is 5.78 Å². The summed E-state index contributed by atoms with van der Waals surface area (Å²) >= 11 is 0. The summed E-state index contributed by atoms with van der Waals surface area (Å²) in [5, 5.41) is 2.53. The van der Waals surface area contributed by atoms with Crippen LogP contribution in [0.2, 0.25) is 0 Å². The standard InChI is InChI=1S/C16H16N2O4/c1-8(2)9-3-4-10-11(5-9)16(22)18(15(10)21)12-7-17-14(20)6-13(12)19/h3-5,8,12H,6-7H2,1-2H3,(H,17,20)/t12-/m0/s1. The first kappa shape index (κ1) is 14.4. The van der Waals surface area contributed by atoms with Crippen LogP contribution in [-0.2, 0) is 9.59 Å². The van der Waals surface area contributed by atoms with E-state index in [1.54, 1.807) is 12.1 Å². The summed E-state index contributed by atoms with van der Waals surface area (Å²) in [6.45, 7) is 3.99. The number of benzene rings is 1. The van der Waals surface area contributed by atoms with Crippen LogP contribution in [0, 0.1) is 0 Å². The van der Waals surface area contributed by atoms with E-state index >= 15 is 0 Å². The van der Waals surface area contributed by atoms with Crippen LogP contribution >= 0.6 is 0 Å². The Hall–Kier alpha value is -2.50. The summed E-state index contributed by atoms with van der Waals surface area (Å²) in [6.07, 6.45) is -0.296. The number of piperidine rings is 1. The lowest BCUT2D eigenvalue weighted by Gasteiger charge is -2.28. The monoisotopic (exact) mass is 300 g/mol. The number of carbonyl (C=O) groups excluding carboxylic acids is 4. The van der Waals surface area contributed by atoms with Crippen molar-refractivity contribution in [2.75, 3.05) is 6.54 Å². The van der Waals surface area contributed by atoms with Gasteiger partial charge in [0.2, 0.25) is 5.91 Å². The van der Waals surface area contributed by atoms with Gasteiger partial charge in [0.05, 0.1) is 17.5 Å². The van der Waals surface area contributed by atoms with Crippen molar-refractivity contribution >= 4 is 23.5 Å². The highest BCUT2D eigenvalue weighted by atomic mass is 16.2. The summed E-state index contributed by atoms with van der Waals surface area (Å²) in [6, 6.07) is 4.26. The average molecular weight is 300 g/mol. The molecule has 22 heavy (non-hydrogen) atoms. The zero-order valence-corrected chi connectivity index (χ0v) is 12.4. The Balaban J connectivity index is 1.96. The molecule has 2 heterocycles. The summed E-state index contributed by atoms with van der Waals surface area (Å²) < 4.78 is 0. The second-order valence-corrected chi connectivity index (χ2v) is 5.90. The third-order valence-corrected chi connectivity index (χ3v) is 4.12. The Morgan fingerprint density at radius 1 is 1.09 bits per heavy atom. The van der Waals surface area contributed by atoms with E-state index in [9.17, 15) is 19.2 Å². The fourth-order valence-corrected chi connectivity index (χ4v) is 2.82. The number of rotatable bonds is 2. The first-order valence-electron chi connectivity index (χ1n) is 7.21. The van der Waals surface area contributed by atoms with Crippen LogP contribution in [0.3, 0.4) is 0 Å².